The van der Waals surface area contributed by atoms with E-state index < -0.39 is 11.4 Å². The van der Waals surface area contributed by atoms with Crippen LogP contribution < -0.4 is 14.5 Å². The van der Waals surface area contributed by atoms with Gasteiger partial charge in [-0.15, -0.1) is 0 Å². The molecule has 7 nitrogen and oxygen atoms in total. The predicted molar refractivity (Wildman–Crippen MR) is 372 cm³/mol. The van der Waals surface area contributed by atoms with Crippen molar-refractivity contribution in [2.75, 3.05) is 23.0 Å². The van der Waals surface area contributed by atoms with Crippen LogP contribution in [0.25, 0.3) is 22.3 Å². The molecule has 0 fully saturated rings. The van der Waals surface area contributed by atoms with Gasteiger partial charge < -0.3 is 24.1 Å². The Bertz CT molecular complexity index is 4020. The quantitative estimate of drug-likeness (QED) is 0.0481. The number of aryl methyl sites for hydroxylation is 7. The molecule has 0 N–H and O–H groups in total. The van der Waals surface area contributed by atoms with Gasteiger partial charge in [0, 0.05) is 28.3 Å². The monoisotopic (exact) mass is 1180 g/mol. The lowest BCUT2D eigenvalue weighted by atomic mass is 9.66. The van der Waals surface area contributed by atoms with Gasteiger partial charge in [0.2, 0.25) is 0 Å². The lowest BCUT2D eigenvalue weighted by molar-refractivity contribution is -0.0980. The normalized spacial score (nSPS) is 13.4. The summed E-state index contributed by atoms with van der Waals surface area (Å²) >= 11 is 0. The Labute approximate surface area is 530 Å². The number of benzene rings is 9. The summed E-state index contributed by atoms with van der Waals surface area (Å²) in [4.78, 5) is 40.6. The molecule has 10 rings (SSSR count). The maximum absolute atomic E-state index is 14.2. The Kier molecular flexibility index (Phi) is 19.2. The molecule has 0 bridgehead atoms. The molecule has 9 aromatic carbocycles. The first-order chi connectivity index (χ1) is 42.4. The number of unbranched alkanes of at least 4 members (excludes halogenated alkanes) is 3. The van der Waals surface area contributed by atoms with Crippen molar-refractivity contribution in [2.24, 2.45) is 0 Å². The smallest absolute Gasteiger partial charge is 0.341 e. The fraction of sp³-hybridized carbons (Fsp3) is 0.305. The predicted octanol–water partition coefficient (Wildman–Crippen LogP) is 21.6. The van der Waals surface area contributed by atoms with Crippen molar-refractivity contribution in [2.45, 2.75) is 153 Å². The number of hydrogen-bond donors (Lipinski definition) is 0. The molecular formula is C82H90N2O5. The van der Waals surface area contributed by atoms with Crippen LogP contribution in [0.15, 0.2) is 170 Å². The summed E-state index contributed by atoms with van der Waals surface area (Å²) in [5, 5.41) is 0. The average molecular weight is 1180 g/mol. The average Bonchev–Trinajstić information content (AvgIpc) is 1.56. The van der Waals surface area contributed by atoms with E-state index in [1.54, 1.807) is 6.92 Å². The van der Waals surface area contributed by atoms with Crippen LogP contribution in [0, 0.1) is 48.5 Å². The number of carbonyl (C=O) groups is 3. The summed E-state index contributed by atoms with van der Waals surface area (Å²) in [5.74, 6) is 0.0714. The zero-order valence-electron chi connectivity index (χ0n) is 55.6. The summed E-state index contributed by atoms with van der Waals surface area (Å²) in [7, 11) is 0. The molecule has 89 heavy (non-hydrogen) atoms. The van der Waals surface area contributed by atoms with Crippen LogP contribution in [-0.2, 0) is 25.8 Å². The highest BCUT2D eigenvalue weighted by atomic mass is 16.5. The molecule has 1 atom stereocenters. The standard InChI is InChI=1S/C81H88N2O4.CH2O/c1-17-19-20-21-42-87-75-41-30-62(50-72(75)78(85)86-18-2)81(61-29-25-53(5)71(49-61)58(10)84)73-43-52(4)24-39-69(73)70-40-28-60(48-74(70)81)59-26-33-66(34-27-59)83(77-56(8)46-64(47-57(77)9)80(14,15)16)68-37-35-67(36-38-68)82(65-31-22-51(3)23-32-65)76-54(6)44-63(45-55(76)7)79(11,12)13;1-2/h22-41,43-50H,17-21,42H2,1-16H3;1H2. The molecule has 0 heterocycles. The van der Waals surface area contributed by atoms with E-state index in [1.807, 2.05) is 32.8 Å². The number of rotatable bonds is 18. The molecule has 0 spiro atoms. The number of anilines is 6. The highest BCUT2D eigenvalue weighted by Gasteiger charge is 2.47. The second-order valence-corrected chi connectivity index (χ2v) is 26.5. The highest BCUT2D eigenvalue weighted by Crippen LogP contribution is 2.58. The second-order valence-electron chi connectivity index (χ2n) is 26.5. The number of Topliss-reactive ketones (excluding diaryl/α,β-unsaturated/α-hetero) is 1. The molecule has 0 amide bonds. The van der Waals surface area contributed by atoms with Gasteiger partial charge in [0.15, 0.2) is 5.78 Å². The number of ketones is 1. The van der Waals surface area contributed by atoms with E-state index in [1.165, 1.54) is 44.6 Å². The van der Waals surface area contributed by atoms with Crippen molar-refractivity contribution in [1.29, 1.82) is 0 Å². The second kappa shape index (κ2) is 26.5. The topological polar surface area (TPSA) is 76.2 Å². The van der Waals surface area contributed by atoms with E-state index in [0.29, 0.717) is 23.5 Å². The van der Waals surface area contributed by atoms with Gasteiger partial charge in [-0.1, -0.05) is 176 Å². The van der Waals surface area contributed by atoms with E-state index in [4.69, 9.17) is 14.3 Å². The first-order valence-electron chi connectivity index (χ1n) is 31.7. The van der Waals surface area contributed by atoms with Gasteiger partial charge in [-0.05, 0) is 236 Å². The molecule has 1 aliphatic carbocycles. The third kappa shape index (κ3) is 12.9. The van der Waals surface area contributed by atoms with Gasteiger partial charge >= 0.3 is 5.97 Å². The summed E-state index contributed by atoms with van der Waals surface area (Å²) < 4.78 is 12.2. The number of esters is 1. The number of carbonyl (C=O) groups excluding carboxylic acids is 3. The summed E-state index contributed by atoms with van der Waals surface area (Å²) in [6, 6.07) is 62.3. The zero-order valence-corrected chi connectivity index (χ0v) is 55.6. The molecule has 1 unspecified atom stereocenters. The van der Waals surface area contributed by atoms with Gasteiger partial charge in [0.05, 0.1) is 30.0 Å². The Morgan fingerprint density at radius 1 is 0.461 bits per heavy atom. The van der Waals surface area contributed by atoms with E-state index >= 15 is 0 Å². The Hall–Kier alpha value is -8.81. The lowest BCUT2D eigenvalue weighted by Gasteiger charge is -2.35. The van der Waals surface area contributed by atoms with Crippen molar-refractivity contribution < 1.29 is 23.9 Å². The van der Waals surface area contributed by atoms with Crippen LogP contribution in [0.2, 0.25) is 0 Å². The third-order valence-corrected chi connectivity index (χ3v) is 17.8. The van der Waals surface area contributed by atoms with Gasteiger partial charge in [0.25, 0.3) is 0 Å². The molecule has 0 saturated carbocycles. The molecule has 0 radical (unpaired) electrons. The summed E-state index contributed by atoms with van der Waals surface area (Å²) in [6.45, 7) is 37.3. The molecule has 7 heteroatoms. The molecule has 0 aromatic heterocycles. The van der Waals surface area contributed by atoms with Gasteiger partial charge in [-0.3, -0.25) is 4.79 Å². The lowest BCUT2D eigenvalue weighted by Crippen LogP contribution is -2.30. The SMILES string of the molecule is C=O.CCCCCCOc1ccc(C2(c3ccc(C)c(C(C)=O)c3)c3cc(C)ccc3-c3ccc(-c4ccc(N(c5ccc(N(c6ccc(C)cc6)c6c(C)cc(C(C)(C)C)cc6C)cc5)c5c(C)cc(C(C)(C)C)cc5C)cc4)cc32)cc1C(=O)OCC. The van der Waals surface area contributed by atoms with Crippen LogP contribution in [0.4, 0.5) is 34.1 Å². The maximum atomic E-state index is 14.2. The Morgan fingerprint density at radius 2 is 0.899 bits per heavy atom. The third-order valence-electron chi connectivity index (χ3n) is 17.8. The molecule has 0 saturated heterocycles. The van der Waals surface area contributed by atoms with Gasteiger partial charge in [0.1, 0.15) is 18.1 Å². The highest BCUT2D eigenvalue weighted by molar-refractivity contribution is 5.98. The Morgan fingerprint density at radius 3 is 1.38 bits per heavy atom. The van der Waals surface area contributed by atoms with Crippen LogP contribution in [0.1, 0.15) is 181 Å². The fourth-order valence-electron chi connectivity index (χ4n) is 13.2. The Balaban J connectivity index is 0.00000466. The minimum atomic E-state index is -0.953. The first-order valence-corrected chi connectivity index (χ1v) is 31.7. The van der Waals surface area contributed by atoms with Gasteiger partial charge in [-0.25, -0.2) is 4.79 Å². The van der Waals surface area contributed by atoms with Crippen LogP contribution in [0.5, 0.6) is 5.75 Å². The summed E-state index contributed by atoms with van der Waals surface area (Å²) in [6.07, 6.45) is 4.18. The number of nitrogens with zero attached hydrogens (tertiary/aromatic N) is 2. The van der Waals surface area contributed by atoms with Crippen molar-refractivity contribution in [3.8, 4) is 28.0 Å². The number of fused-ring (bicyclic) bond motifs is 3. The van der Waals surface area contributed by atoms with Crippen molar-refractivity contribution in [3.63, 3.8) is 0 Å². The fourth-order valence-corrected chi connectivity index (χ4v) is 13.2. The molecule has 458 valence electrons. The van der Waals surface area contributed by atoms with Gasteiger partial charge in [-0.2, -0.15) is 0 Å². The molecule has 9 aromatic rings. The van der Waals surface area contributed by atoms with E-state index in [0.717, 1.165) is 110 Å². The molecule has 1 aliphatic rings. The maximum Gasteiger partial charge on any atom is 0.341 e. The molecular weight excluding hydrogens is 1090 g/mol. The van der Waals surface area contributed by atoms with E-state index in [2.05, 4.69) is 258 Å². The van der Waals surface area contributed by atoms with Crippen LogP contribution in [0.3, 0.4) is 0 Å². The van der Waals surface area contributed by atoms with E-state index in [-0.39, 0.29) is 23.2 Å². The largest absolute Gasteiger partial charge is 0.493 e. The number of ether oxygens (including phenoxy) is 2. The molecule has 0 aliphatic heterocycles. The van der Waals surface area contributed by atoms with E-state index in [9.17, 15) is 9.59 Å². The first kappa shape index (κ1) is 64.7. The minimum absolute atomic E-state index is 0.00290. The van der Waals surface area contributed by atoms with Crippen molar-refractivity contribution >= 4 is 52.7 Å². The number of hydrogen-bond acceptors (Lipinski definition) is 7. The van der Waals surface area contributed by atoms with Crippen molar-refractivity contribution in [3.05, 3.63) is 253 Å². The zero-order chi connectivity index (χ0) is 64.3. The van der Waals surface area contributed by atoms with Crippen molar-refractivity contribution in [1.82, 2.24) is 0 Å². The minimum Gasteiger partial charge on any atom is -0.493 e. The van der Waals surface area contributed by atoms with Crippen LogP contribution in [-0.4, -0.2) is 31.8 Å². The van der Waals surface area contributed by atoms with Crippen LogP contribution >= 0.6 is 0 Å². The summed E-state index contributed by atoms with van der Waals surface area (Å²) in [5.41, 5.74) is 25.7.